The highest BCUT2D eigenvalue weighted by atomic mass is 16.1. The van der Waals surface area contributed by atoms with Crippen molar-refractivity contribution in [1.82, 2.24) is 0 Å². The van der Waals surface area contributed by atoms with Crippen LogP contribution < -0.4 is 0 Å². The molecule has 2 aromatic rings. The summed E-state index contributed by atoms with van der Waals surface area (Å²) in [5, 5.41) is 0. The van der Waals surface area contributed by atoms with Gasteiger partial charge in [0, 0.05) is 5.56 Å². The fraction of sp³-hybridized carbons (Fsp3) is 0.100. The lowest BCUT2D eigenvalue weighted by Crippen LogP contribution is -2.19. The first-order valence-electron chi connectivity index (χ1n) is 7.38. The van der Waals surface area contributed by atoms with E-state index in [9.17, 15) is 4.79 Å². The van der Waals surface area contributed by atoms with Gasteiger partial charge in [0.1, 0.15) is 0 Å². The molecule has 0 bridgehead atoms. The number of hydrogen-bond donors (Lipinski definition) is 0. The highest BCUT2D eigenvalue weighted by Gasteiger charge is 2.18. The maximum atomic E-state index is 12.3. The van der Waals surface area contributed by atoms with E-state index in [4.69, 9.17) is 0 Å². The van der Waals surface area contributed by atoms with Crippen molar-refractivity contribution in [3.63, 3.8) is 0 Å². The van der Waals surface area contributed by atoms with Crippen LogP contribution in [0.1, 0.15) is 15.9 Å². The lowest BCUT2D eigenvalue weighted by Gasteiger charge is -2.13. The molecule has 0 amide bonds. The monoisotopic (exact) mass is 287 g/mol. The van der Waals surface area contributed by atoms with Crippen molar-refractivity contribution in [1.29, 1.82) is 0 Å². The number of carbonyl (C=O) groups is 1. The average molecular weight is 287 g/mol. The smallest absolute Gasteiger partial charge is 0.171 e. The van der Waals surface area contributed by atoms with Crippen molar-refractivity contribution in [2.24, 2.45) is 10.9 Å². The van der Waals surface area contributed by atoms with Crippen LogP contribution in [0.25, 0.3) is 6.08 Å². The molecule has 108 valence electrons. The van der Waals surface area contributed by atoms with Crippen molar-refractivity contribution in [2.45, 2.75) is 0 Å². The highest BCUT2D eigenvalue weighted by Crippen LogP contribution is 2.15. The molecule has 1 atom stereocenters. The van der Waals surface area contributed by atoms with Gasteiger partial charge in [0.2, 0.25) is 0 Å². The normalized spacial score (nSPS) is 17.5. The molecule has 2 heteroatoms. The van der Waals surface area contributed by atoms with Gasteiger partial charge < -0.3 is 0 Å². The van der Waals surface area contributed by atoms with Gasteiger partial charge >= 0.3 is 0 Å². The molecule has 1 aliphatic heterocycles. The molecule has 3 rings (SSSR count). The van der Waals surface area contributed by atoms with Crippen molar-refractivity contribution in [3.05, 3.63) is 90.0 Å². The maximum absolute atomic E-state index is 12.3. The van der Waals surface area contributed by atoms with Crippen molar-refractivity contribution in [3.8, 4) is 0 Å². The summed E-state index contributed by atoms with van der Waals surface area (Å²) in [5.41, 5.74) is 2.79. The Morgan fingerprint density at radius 2 is 1.64 bits per heavy atom. The zero-order chi connectivity index (χ0) is 15.2. The van der Waals surface area contributed by atoms with Crippen LogP contribution >= 0.6 is 0 Å². The fourth-order valence-electron chi connectivity index (χ4n) is 2.37. The zero-order valence-corrected chi connectivity index (χ0v) is 12.2. The molecule has 22 heavy (non-hydrogen) atoms. The number of hydrogen-bond acceptors (Lipinski definition) is 2. The summed E-state index contributed by atoms with van der Waals surface area (Å²) >= 11 is 0. The van der Waals surface area contributed by atoms with E-state index in [1.54, 1.807) is 0 Å². The third-order valence-corrected chi connectivity index (χ3v) is 3.61. The van der Waals surface area contributed by atoms with E-state index in [0.29, 0.717) is 6.54 Å². The molecule has 1 heterocycles. The maximum Gasteiger partial charge on any atom is 0.171 e. The minimum absolute atomic E-state index is 0.131. The summed E-state index contributed by atoms with van der Waals surface area (Å²) in [7, 11) is 0. The molecule has 0 aliphatic carbocycles. The Hall–Kier alpha value is -2.74. The number of benzene rings is 2. The van der Waals surface area contributed by atoms with Crippen LogP contribution in [-0.4, -0.2) is 18.0 Å². The third kappa shape index (κ3) is 3.47. The number of dihydropyridines is 1. The Morgan fingerprint density at radius 1 is 0.955 bits per heavy atom. The minimum atomic E-state index is -0.156. The van der Waals surface area contributed by atoms with E-state index in [2.05, 4.69) is 4.99 Å². The van der Waals surface area contributed by atoms with Gasteiger partial charge in [0.05, 0.1) is 18.2 Å². The van der Waals surface area contributed by atoms with E-state index in [-0.39, 0.29) is 11.7 Å². The molecule has 0 spiro atoms. The van der Waals surface area contributed by atoms with E-state index < -0.39 is 0 Å². The molecule has 0 saturated carbocycles. The van der Waals surface area contributed by atoms with Gasteiger partial charge in [0.15, 0.2) is 5.78 Å². The van der Waals surface area contributed by atoms with Crippen LogP contribution in [0.3, 0.4) is 0 Å². The lowest BCUT2D eigenvalue weighted by atomic mass is 9.95. The predicted octanol–water partition coefficient (Wildman–Crippen LogP) is 4.21. The van der Waals surface area contributed by atoms with E-state index in [1.807, 2.05) is 85.0 Å². The summed E-state index contributed by atoms with van der Waals surface area (Å²) in [6, 6.07) is 19.5. The standard InChI is InChI=1S/C20H17NO/c22-20(17-9-5-2-6-10-17)18-12-14-19(21-15-18)13-11-16-7-3-1-4-8-16/h1-14,18H,15H2/b13-11+. The van der Waals surface area contributed by atoms with E-state index in [0.717, 1.165) is 16.8 Å². The van der Waals surface area contributed by atoms with Gasteiger partial charge in [-0.25, -0.2) is 0 Å². The molecule has 0 N–H and O–H groups in total. The summed E-state index contributed by atoms with van der Waals surface area (Å²) in [4.78, 5) is 16.8. The SMILES string of the molecule is O=C(c1ccccc1)C1C=CC(/C=C/c2ccccc2)=NC1. The summed E-state index contributed by atoms with van der Waals surface area (Å²) in [5.74, 6) is -0.0250. The number of Topliss-reactive ketones (excluding diaryl/α,β-unsaturated/α-hetero) is 1. The Kier molecular flexibility index (Phi) is 4.40. The Morgan fingerprint density at radius 3 is 2.27 bits per heavy atom. The van der Waals surface area contributed by atoms with Crippen molar-refractivity contribution >= 4 is 17.6 Å². The van der Waals surface area contributed by atoms with Crippen LogP contribution in [0.2, 0.25) is 0 Å². The molecule has 2 nitrogen and oxygen atoms in total. The number of carbonyl (C=O) groups excluding carboxylic acids is 1. The van der Waals surface area contributed by atoms with Gasteiger partial charge in [0.25, 0.3) is 0 Å². The Labute approximate surface area is 130 Å². The van der Waals surface area contributed by atoms with Gasteiger partial charge in [-0.1, -0.05) is 72.8 Å². The van der Waals surface area contributed by atoms with Gasteiger partial charge in [-0.05, 0) is 17.7 Å². The van der Waals surface area contributed by atoms with Crippen LogP contribution in [-0.2, 0) is 0 Å². The molecule has 0 saturated heterocycles. The number of nitrogens with zero attached hydrogens (tertiary/aromatic N) is 1. The van der Waals surface area contributed by atoms with Crippen molar-refractivity contribution < 1.29 is 4.79 Å². The third-order valence-electron chi connectivity index (χ3n) is 3.61. The van der Waals surface area contributed by atoms with Crippen LogP contribution in [0.15, 0.2) is 83.9 Å². The first kappa shape index (κ1) is 14.2. The second-order valence-corrected chi connectivity index (χ2v) is 5.21. The number of ketones is 1. The van der Waals surface area contributed by atoms with Crippen LogP contribution in [0.4, 0.5) is 0 Å². The molecule has 0 aromatic heterocycles. The zero-order valence-electron chi connectivity index (χ0n) is 12.2. The second-order valence-electron chi connectivity index (χ2n) is 5.21. The number of aliphatic imine (C=N–C) groups is 1. The molecule has 1 aliphatic rings. The van der Waals surface area contributed by atoms with Gasteiger partial charge in [-0.3, -0.25) is 9.79 Å². The highest BCUT2D eigenvalue weighted by molar-refractivity contribution is 6.08. The predicted molar refractivity (Wildman–Crippen MR) is 91.2 cm³/mol. The molecular weight excluding hydrogens is 270 g/mol. The minimum Gasteiger partial charge on any atom is -0.293 e. The molecule has 2 aromatic carbocycles. The lowest BCUT2D eigenvalue weighted by molar-refractivity contribution is 0.0948. The summed E-state index contributed by atoms with van der Waals surface area (Å²) in [6.07, 6.45) is 7.89. The van der Waals surface area contributed by atoms with Crippen LogP contribution in [0, 0.1) is 5.92 Å². The second kappa shape index (κ2) is 6.81. The summed E-state index contributed by atoms with van der Waals surface area (Å²) < 4.78 is 0. The first-order chi connectivity index (χ1) is 10.8. The van der Waals surface area contributed by atoms with Crippen molar-refractivity contribution in [2.75, 3.05) is 6.54 Å². The van der Waals surface area contributed by atoms with Gasteiger partial charge in [-0.2, -0.15) is 0 Å². The van der Waals surface area contributed by atoms with E-state index >= 15 is 0 Å². The van der Waals surface area contributed by atoms with Crippen LogP contribution in [0.5, 0.6) is 0 Å². The van der Waals surface area contributed by atoms with E-state index in [1.165, 1.54) is 0 Å². The molecule has 0 radical (unpaired) electrons. The Balaban J connectivity index is 1.64. The quantitative estimate of drug-likeness (QED) is 0.775. The molecule has 1 unspecified atom stereocenters. The number of rotatable bonds is 4. The molecular formula is C20H17NO. The summed E-state index contributed by atoms with van der Waals surface area (Å²) in [6.45, 7) is 0.513. The topological polar surface area (TPSA) is 29.4 Å². The largest absolute Gasteiger partial charge is 0.293 e. The average Bonchev–Trinajstić information content (AvgIpc) is 2.61. The van der Waals surface area contributed by atoms with Gasteiger partial charge in [-0.15, -0.1) is 0 Å². The number of allylic oxidation sites excluding steroid dienone is 2. The Bertz CT molecular complexity index is 727. The fourth-order valence-corrected chi connectivity index (χ4v) is 2.37. The first-order valence-corrected chi connectivity index (χ1v) is 7.38. The molecule has 0 fully saturated rings.